The molecule has 0 aliphatic carbocycles. The Morgan fingerprint density at radius 2 is 2.08 bits per heavy atom. The van der Waals surface area contributed by atoms with Crippen molar-refractivity contribution in [3.63, 3.8) is 0 Å². The summed E-state index contributed by atoms with van der Waals surface area (Å²) >= 11 is 0. The highest BCUT2D eigenvalue weighted by molar-refractivity contribution is 5.68. The Bertz CT molecular complexity index is 183. The number of hydrogen-bond donors (Lipinski definition) is 1. The lowest BCUT2D eigenvalue weighted by Crippen LogP contribution is -2.53. The molecule has 12 heavy (non-hydrogen) atoms. The summed E-state index contributed by atoms with van der Waals surface area (Å²) in [6, 6.07) is 0.221. The zero-order valence-electron chi connectivity index (χ0n) is 8.18. The van der Waals surface area contributed by atoms with Crippen LogP contribution in [0.5, 0.6) is 0 Å². The molecule has 0 aromatic carbocycles. The second-order valence-corrected chi connectivity index (χ2v) is 4.56. The normalized spacial score (nSPS) is 30.8. The molecular weight excluding hydrogens is 154 g/mol. The van der Waals surface area contributed by atoms with Crippen LogP contribution in [0.25, 0.3) is 0 Å². The predicted molar refractivity (Wildman–Crippen MR) is 46.9 cm³/mol. The van der Waals surface area contributed by atoms with Gasteiger partial charge in [0.05, 0.1) is 6.61 Å². The van der Waals surface area contributed by atoms with Gasteiger partial charge in [-0.05, 0) is 5.41 Å². The number of hydrogen-bond acceptors (Lipinski definition) is 2. The van der Waals surface area contributed by atoms with Gasteiger partial charge in [-0.2, -0.15) is 0 Å². The van der Waals surface area contributed by atoms with E-state index in [0.717, 1.165) is 0 Å². The van der Waals surface area contributed by atoms with Crippen molar-refractivity contribution >= 4 is 6.09 Å². The van der Waals surface area contributed by atoms with Crippen LogP contribution in [0, 0.1) is 11.3 Å². The minimum absolute atomic E-state index is 0.110. The number of alkyl carbamates (subject to hydrolysis) is 1. The third kappa shape index (κ3) is 1.90. The summed E-state index contributed by atoms with van der Waals surface area (Å²) in [5, 5.41) is 2.84. The highest BCUT2D eigenvalue weighted by atomic mass is 16.6. The van der Waals surface area contributed by atoms with Crippen LogP contribution in [0.15, 0.2) is 0 Å². The second kappa shape index (κ2) is 2.96. The van der Waals surface area contributed by atoms with E-state index in [-0.39, 0.29) is 17.6 Å². The van der Waals surface area contributed by atoms with Gasteiger partial charge in [0.15, 0.2) is 0 Å². The fourth-order valence-electron chi connectivity index (χ4n) is 1.68. The molecule has 0 spiro atoms. The van der Waals surface area contributed by atoms with E-state index in [1.165, 1.54) is 0 Å². The molecule has 1 amide bonds. The topological polar surface area (TPSA) is 38.3 Å². The number of carbonyl (C=O) groups excluding carboxylic acids is 1. The smallest absolute Gasteiger partial charge is 0.407 e. The van der Waals surface area contributed by atoms with E-state index in [0.29, 0.717) is 12.5 Å². The summed E-state index contributed by atoms with van der Waals surface area (Å²) < 4.78 is 4.87. The maximum atomic E-state index is 10.9. The van der Waals surface area contributed by atoms with Gasteiger partial charge in [-0.25, -0.2) is 4.79 Å². The van der Waals surface area contributed by atoms with Crippen molar-refractivity contribution in [3.05, 3.63) is 0 Å². The van der Waals surface area contributed by atoms with Crippen molar-refractivity contribution in [2.45, 2.75) is 33.7 Å². The maximum Gasteiger partial charge on any atom is 0.407 e. The van der Waals surface area contributed by atoms with Gasteiger partial charge < -0.3 is 10.1 Å². The molecule has 0 unspecified atom stereocenters. The van der Waals surface area contributed by atoms with E-state index in [1.807, 2.05) is 0 Å². The van der Waals surface area contributed by atoms with Crippen LogP contribution in [0.1, 0.15) is 27.7 Å². The van der Waals surface area contributed by atoms with Crippen molar-refractivity contribution in [2.24, 2.45) is 11.3 Å². The van der Waals surface area contributed by atoms with Crippen LogP contribution >= 0.6 is 0 Å². The molecule has 0 aromatic rings. The summed E-state index contributed by atoms with van der Waals surface area (Å²) in [5.41, 5.74) is 0.110. The Hall–Kier alpha value is -0.730. The zero-order chi connectivity index (χ0) is 9.35. The van der Waals surface area contributed by atoms with Crippen molar-refractivity contribution < 1.29 is 9.53 Å². The third-order valence-corrected chi connectivity index (χ3v) is 2.25. The monoisotopic (exact) mass is 171 g/mol. The molecular formula is C9H17NO2. The fourth-order valence-corrected chi connectivity index (χ4v) is 1.68. The number of amides is 1. The van der Waals surface area contributed by atoms with Crippen LogP contribution in [-0.2, 0) is 4.74 Å². The van der Waals surface area contributed by atoms with Gasteiger partial charge in [0.1, 0.15) is 0 Å². The molecule has 1 rings (SSSR count). The quantitative estimate of drug-likeness (QED) is 0.603. The molecule has 1 aliphatic heterocycles. The Balaban J connectivity index is 2.67. The van der Waals surface area contributed by atoms with Crippen LogP contribution in [0.2, 0.25) is 0 Å². The van der Waals surface area contributed by atoms with E-state index in [9.17, 15) is 4.79 Å². The summed E-state index contributed by atoms with van der Waals surface area (Å²) in [6.45, 7) is 9.00. The van der Waals surface area contributed by atoms with E-state index < -0.39 is 0 Å². The predicted octanol–water partition coefficient (Wildman–Crippen LogP) is 1.78. The molecule has 3 nitrogen and oxygen atoms in total. The number of ether oxygens (including phenoxy) is 1. The number of nitrogens with one attached hydrogen (secondary N) is 1. The van der Waals surface area contributed by atoms with Crippen LogP contribution < -0.4 is 5.32 Å². The zero-order valence-corrected chi connectivity index (χ0v) is 8.18. The van der Waals surface area contributed by atoms with Crippen molar-refractivity contribution in [1.82, 2.24) is 5.32 Å². The van der Waals surface area contributed by atoms with Crippen molar-refractivity contribution in [1.29, 1.82) is 0 Å². The number of rotatable bonds is 0. The number of carbonyl (C=O) groups is 1. The van der Waals surface area contributed by atoms with E-state index >= 15 is 0 Å². The first kappa shape index (κ1) is 9.36. The Morgan fingerprint density at radius 3 is 2.50 bits per heavy atom. The molecule has 1 heterocycles. The average molecular weight is 171 g/mol. The molecule has 3 heteroatoms. The molecule has 1 fully saturated rings. The molecule has 1 saturated heterocycles. The van der Waals surface area contributed by atoms with E-state index in [1.54, 1.807) is 0 Å². The molecule has 1 N–H and O–H groups in total. The highest BCUT2D eigenvalue weighted by Gasteiger charge is 2.35. The SMILES string of the molecule is C[C@@H]1COC(=O)N[C@H]1C(C)(C)C. The Kier molecular flexibility index (Phi) is 2.31. The maximum absolute atomic E-state index is 10.9. The first-order valence-corrected chi connectivity index (χ1v) is 4.34. The van der Waals surface area contributed by atoms with Gasteiger partial charge in [-0.1, -0.05) is 27.7 Å². The Labute approximate surface area is 73.5 Å². The third-order valence-electron chi connectivity index (χ3n) is 2.25. The molecule has 0 bridgehead atoms. The van der Waals surface area contributed by atoms with Crippen molar-refractivity contribution in [2.75, 3.05) is 6.61 Å². The molecule has 0 saturated carbocycles. The first-order valence-electron chi connectivity index (χ1n) is 4.34. The van der Waals surface area contributed by atoms with E-state index in [2.05, 4.69) is 33.0 Å². The summed E-state index contributed by atoms with van der Waals surface area (Å²) in [7, 11) is 0. The van der Waals surface area contributed by atoms with Crippen LogP contribution in [0.3, 0.4) is 0 Å². The minimum atomic E-state index is -0.284. The van der Waals surface area contributed by atoms with Crippen molar-refractivity contribution in [3.8, 4) is 0 Å². The van der Waals surface area contributed by atoms with Crippen LogP contribution in [-0.4, -0.2) is 18.7 Å². The lowest BCUT2D eigenvalue weighted by atomic mass is 9.79. The molecule has 0 radical (unpaired) electrons. The molecule has 0 aromatic heterocycles. The highest BCUT2D eigenvalue weighted by Crippen LogP contribution is 2.27. The minimum Gasteiger partial charge on any atom is -0.449 e. The van der Waals surface area contributed by atoms with Gasteiger partial charge in [0.2, 0.25) is 0 Å². The van der Waals surface area contributed by atoms with Gasteiger partial charge >= 0.3 is 6.09 Å². The van der Waals surface area contributed by atoms with Crippen LogP contribution in [0.4, 0.5) is 4.79 Å². The summed E-state index contributed by atoms with van der Waals surface area (Å²) in [6.07, 6.45) is -0.284. The summed E-state index contributed by atoms with van der Waals surface area (Å²) in [4.78, 5) is 10.9. The van der Waals surface area contributed by atoms with Gasteiger partial charge in [0, 0.05) is 12.0 Å². The van der Waals surface area contributed by atoms with Gasteiger partial charge in [-0.3, -0.25) is 0 Å². The molecule has 70 valence electrons. The molecule has 2 atom stereocenters. The first-order chi connectivity index (χ1) is 5.41. The van der Waals surface area contributed by atoms with E-state index in [4.69, 9.17) is 4.74 Å². The lowest BCUT2D eigenvalue weighted by Gasteiger charge is -2.38. The molecule has 1 aliphatic rings. The second-order valence-electron chi connectivity index (χ2n) is 4.56. The number of cyclic esters (lactones) is 1. The largest absolute Gasteiger partial charge is 0.449 e. The van der Waals surface area contributed by atoms with Gasteiger partial charge in [-0.15, -0.1) is 0 Å². The fraction of sp³-hybridized carbons (Fsp3) is 0.889. The Morgan fingerprint density at radius 1 is 1.50 bits per heavy atom. The standard InChI is InChI=1S/C9H17NO2/c1-6-5-12-8(11)10-7(6)9(2,3)4/h6-7H,5H2,1-4H3,(H,10,11)/t6-,7-/m1/s1. The lowest BCUT2D eigenvalue weighted by molar-refractivity contribution is 0.0558. The van der Waals surface area contributed by atoms with Gasteiger partial charge in [0.25, 0.3) is 0 Å². The summed E-state index contributed by atoms with van der Waals surface area (Å²) in [5.74, 6) is 0.391. The average Bonchev–Trinajstić information content (AvgIpc) is 1.92.